The van der Waals surface area contributed by atoms with E-state index in [0.29, 0.717) is 29.9 Å². The summed E-state index contributed by atoms with van der Waals surface area (Å²) in [4.78, 5) is 23.1. The van der Waals surface area contributed by atoms with E-state index in [1.54, 1.807) is 43.3 Å². The molecule has 2 aromatic rings. The van der Waals surface area contributed by atoms with Gasteiger partial charge in [-0.25, -0.2) is 9.37 Å². The highest BCUT2D eigenvalue weighted by Crippen LogP contribution is 2.25. The van der Waals surface area contributed by atoms with Crippen LogP contribution in [-0.4, -0.2) is 46.6 Å². The predicted octanol–water partition coefficient (Wildman–Crippen LogP) is 2.79. The normalized spacial score (nSPS) is 20.5. The fourth-order valence-corrected chi connectivity index (χ4v) is 3.39. The Balaban J connectivity index is 1.89. The van der Waals surface area contributed by atoms with E-state index in [2.05, 4.69) is 9.97 Å². The van der Waals surface area contributed by atoms with Crippen molar-refractivity contribution in [1.82, 2.24) is 14.9 Å². The number of carbonyl (C=O) groups is 1. The molecule has 1 aromatic heterocycles. The summed E-state index contributed by atoms with van der Waals surface area (Å²) in [5, 5.41) is 0. The highest BCUT2D eigenvalue weighted by Gasteiger charge is 2.36. The second kappa shape index (κ2) is 7.70. The first-order chi connectivity index (χ1) is 12.1. The molecule has 0 saturated carbocycles. The van der Waals surface area contributed by atoms with Gasteiger partial charge in [0.15, 0.2) is 0 Å². The quantitative estimate of drug-likeness (QED) is 0.857. The smallest absolute Gasteiger partial charge is 0.274 e. The van der Waals surface area contributed by atoms with E-state index >= 15 is 0 Å². The molecule has 1 amide bonds. The van der Waals surface area contributed by atoms with Gasteiger partial charge in [-0.1, -0.05) is 18.2 Å². The van der Waals surface area contributed by atoms with E-state index in [1.807, 2.05) is 0 Å². The third-order valence-corrected chi connectivity index (χ3v) is 4.64. The molecule has 0 N–H and O–H groups in total. The van der Waals surface area contributed by atoms with Crippen molar-refractivity contribution in [2.45, 2.75) is 38.3 Å². The van der Waals surface area contributed by atoms with Crippen LogP contribution in [0.1, 0.15) is 34.6 Å². The minimum absolute atomic E-state index is 0.130. The van der Waals surface area contributed by atoms with Gasteiger partial charge >= 0.3 is 0 Å². The van der Waals surface area contributed by atoms with Gasteiger partial charge in [0.1, 0.15) is 11.5 Å². The van der Waals surface area contributed by atoms with Crippen LogP contribution in [0.5, 0.6) is 0 Å². The van der Waals surface area contributed by atoms with E-state index in [0.717, 1.165) is 12.8 Å². The number of rotatable bonds is 4. The van der Waals surface area contributed by atoms with E-state index in [4.69, 9.17) is 4.74 Å². The average molecular weight is 343 g/mol. The standard InChI is InChI=1S/C19H22FN3O2/c1-13-11-21-12-16(22-13)19(24)23-9-5-8-18(25-2)17(23)10-14-6-3-4-7-15(14)20/h3-4,6-7,11-12,17-18H,5,8-10H2,1-2H3/t17-,18-/m0/s1. The molecule has 0 aliphatic carbocycles. The zero-order chi connectivity index (χ0) is 17.8. The monoisotopic (exact) mass is 343 g/mol. The maximum atomic E-state index is 14.1. The summed E-state index contributed by atoms with van der Waals surface area (Å²) >= 11 is 0. The molecular formula is C19H22FN3O2. The maximum absolute atomic E-state index is 14.1. The number of aryl methyl sites for hydroxylation is 1. The lowest BCUT2D eigenvalue weighted by Gasteiger charge is -2.40. The SMILES string of the molecule is CO[C@H]1CCCN(C(=O)c2cncc(C)n2)[C@H]1Cc1ccccc1F. The van der Waals surface area contributed by atoms with Crippen molar-refractivity contribution in [2.75, 3.05) is 13.7 Å². The van der Waals surface area contributed by atoms with Crippen LogP contribution in [0, 0.1) is 12.7 Å². The van der Waals surface area contributed by atoms with Crippen LogP contribution < -0.4 is 0 Å². The van der Waals surface area contributed by atoms with Crippen molar-refractivity contribution in [1.29, 1.82) is 0 Å². The van der Waals surface area contributed by atoms with Crippen LogP contribution in [0.25, 0.3) is 0 Å². The molecule has 2 heterocycles. The number of amides is 1. The number of aromatic nitrogens is 2. The second-order valence-corrected chi connectivity index (χ2v) is 6.32. The molecule has 132 valence electrons. The molecule has 1 saturated heterocycles. The lowest BCUT2D eigenvalue weighted by molar-refractivity contribution is -0.0122. The molecule has 1 aromatic carbocycles. The zero-order valence-corrected chi connectivity index (χ0v) is 14.5. The summed E-state index contributed by atoms with van der Waals surface area (Å²) < 4.78 is 19.7. The fraction of sp³-hybridized carbons (Fsp3) is 0.421. The van der Waals surface area contributed by atoms with Gasteiger partial charge in [0.05, 0.1) is 24.0 Å². The Morgan fingerprint density at radius 2 is 2.16 bits per heavy atom. The lowest BCUT2D eigenvalue weighted by Crippen LogP contribution is -2.53. The number of halogens is 1. The molecule has 2 atom stereocenters. The third-order valence-electron chi connectivity index (χ3n) is 4.64. The first kappa shape index (κ1) is 17.5. The number of ether oxygens (including phenoxy) is 1. The van der Waals surface area contributed by atoms with Gasteiger partial charge in [0, 0.05) is 19.9 Å². The zero-order valence-electron chi connectivity index (χ0n) is 14.5. The molecule has 1 aliphatic rings. The van der Waals surface area contributed by atoms with Gasteiger partial charge in [-0.3, -0.25) is 9.78 Å². The number of carbonyl (C=O) groups excluding carboxylic acids is 1. The molecule has 0 unspecified atom stereocenters. The molecule has 25 heavy (non-hydrogen) atoms. The number of likely N-dealkylation sites (tertiary alicyclic amines) is 1. The minimum Gasteiger partial charge on any atom is -0.379 e. The first-order valence-electron chi connectivity index (χ1n) is 8.46. The van der Waals surface area contributed by atoms with Crippen molar-refractivity contribution in [3.8, 4) is 0 Å². The van der Waals surface area contributed by atoms with Crippen molar-refractivity contribution >= 4 is 5.91 Å². The van der Waals surface area contributed by atoms with Gasteiger partial charge in [0.25, 0.3) is 5.91 Å². The van der Waals surface area contributed by atoms with Crippen molar-refractivity contribution in [2.24, 2.45) is 0 Å². The Kier molecular flexibility index (Phi) is 5.38. The highest BCUT2D eigenvalue weighted by molar-refractivity contribution is 5.92. The highest BCUT2D eigenvalue weighted by atomic mass is 19.1. The molecule has 1 aliphatic heterocycles. The average Bonchev–Trinajstić information content (AvgIpc) is 2.63. The van der Waals surface area contributed by atoms with Crippen LogP contribution in [-0.2, 0) is 11.2 Å². The summed E-state index contributed by atoms with van der Waals surface area (Å²) in [7, 11) is 1.64. The molecule has 0 radical (unpaired) electrons. The fourth-order valence-electron chi connectivity index (χ4n) is 3.39. The van der Waals surface area contributed by atoms with E-state index in [9.17, 15) is 9.18 Å². The van der Waals surface area contributed by atoms with Crippen LogP contribution in [0.4, 0.5) is 4.39 Å². The Bertz CT molecular complexity index is 753. The van der Waals surface area contributed by atoms with Crippen LogP contribution in [0.2, 0.25) is 0 Å². The molecule has 6 heteroatoms. The molecule has 0 spiro atoms. The minimum atomic E-state index is -0.259. The predicted molar refractivity (Wildman–Crippen MR) is 91.7 cm³/mol. The largest absolute Gasteiger partial charge is 0.379 e. The van der Waals surface area contributed by atoms with Gasteiger partial charge in [-0.05, 0) is 37.8 Å². The van der Waals surface area contributed by atoms with E-state index in [1.165, 1.54) is 12.3 Å². The number of nitrogens with zero attached hydrogens (tertiary/aromatic N) is 3. The molecule has 5 nitrogen and oxygen atoms in total. The Morgan fingerprint density at radius 3 is 2.88 bits per heavy atom. The van der Waals surface area contributed by atoms with Gasteiger partial charge in [-0.15, -0.1) is 0 Å². The van der Waals surface area contributed by atoms with Gasteiger partial charge < -0.3 is 9.64 Å². The summed E-state index contributed by atoms with van der Waals surface area (Å²) in [6.45, 7) is 2.40. The summed E-state index contributed by atoms with van der Waals surface area (Å²) in [5.74, 6) is -0.440. The second-order valence-electron chi connectivity index (χ2n) is 6.32. The van der Waals surface area contributed by atoms with E-state index < -0.39 is 0 Å². The summed E-state index contributed by atoms with van der Waals surface area (Å²) in [6, 6.07) is 6.44. The van der Waals surface area contributed by atoms with E-state index in [-0.39, 0.29) is 23.9 Å². The lowest BCUT2D eigenvalue weighted by atomic mass is 9.92. The summed E-state index contributed by atoms with van der Waals surface area (Å²) in [5.41, 5.74) is 1.59. The van der Waals surface area contributed by atoms with Crippen LogP contribution >= 0.6 is 0 Å². The number of methoxy groups -OCH3 is 1. The van der Waals surface area contributed by atoms with Gasteiger partial charge in [0.2, 0.25) is 0 Å². The molecule has 0 bridgehead atoms. The topological polar surface area (TPSA) is 55.3 Å². The Morgan fingerprint density at radius 1 is 1.36 bits per heavy atom. The molecular weight excluding hydrogens is 321 g/mol. The van der Waals surface area contributed by atoms with Gasteiger partial charge in [-0.2, -0.15) is 0 Å². The third kappa shape index (κ3) is 3.85. The summed E-state index contributed by atoms with van der Waals surface area (Å²) in [6.07, 6.45) is 5.06. The molecule has 3 rings (SSSR count). The Hall–Kier alpha value is -2.34. The van der Waals surface area contributed by atoms with Crippen molar-refractivity contribution in [3.63, 3.8) is 0 Å². The van der Waals surface area contributed by atoms with Crippen LogP contribution in [0.15, 0.2) is 36.7 Å². The number of hydrogen-bond donors (Lipinski definition) is 0. The molecule has 1 fully saturated rings. The Labute approximate surface area is 146 Å². The number of piperidine rings is 1. The van der Waals surface area contributed by atoms with Crippen LogP contribution in [0.3, 0.4) is 0 Å². The number of benzene rings is 1. The number of hydrogen-bond acceptors (Lipinski definition) is 4. The first-order valence-corrected chi connectivity index (χ1v) is 8.46. The van der Waals surface area contributed by atoms with Crippen molar-refractivity contribution < 1.29 is 13.9 Å². The van der Waals surface area contributed by atoms with Crippen molar-refractivity contribution in [3.05, 3.63) is 59.4 Å². The maximum Gasteiger partial charge on any atom is 0.274 e.